The van der Waals surface area contributed by atoms with Crippen LogP contribution in [0.4, 0.5) is 0 Å². The van der Waals surface area contributed by atoms with Gasteiger partial charge in [-0.25, -0.2) is 0 Å². The Balaban J connectivity index is -0.000000278. The Hall–Kier alpha value is 0.0743. The van der Waals surface area contributed by atoms with Gasteiger partial charge < -0.3 is 15.3 Å². The normalized spacial score (nSPS) is 15.8. The number of hydrogen-bond donors (Lipinski definition) is 3. The second-order valence-corrected chi connectivity index (χ2v) is 7.94. The summed E-state index contributed by atoms with van der Waals surface area (Å²) in [5.74, 6) is 0. The van der Waals surface area contributed by atoms with E-state index in [4.69, 9.17) is 15.3 Å². The summed E-state index contributed by atoms with van der Waals surface area (Å²) >= 11 is 2.25. The van der Waals surface area contributed by atoms with Gasteiger partial charge in [-0.05, 0) is 41.5 Å². The summed E-state index contributed by atoms with van der Waals surface area (Å²) in [4.78, 5) is 0. The molecular formula is C19H39O3Ti. The van der Waals surface area contributed by atoms with Crippen LogP contribution in [0.1, 0.15) is 76.2 Å². The van der Waals surface area contributed by atoms with E-state index in [0.717, 1.165) is 0 Å². The van der Waals surface area contributed by atoms with Crippen LogP contribution in [-0.4, -0.2) is 33.6 Å². The molecule has 0 aromatic carbocycles. The van der Waals surface area contributed by atoms with Gasteiger partial charge >= 0.3 is 81.1 Å². The molecule has 0 unspecified atom stereocenters. The summed E-state index contributed by atoms with van der Waals surface area (Å²) in [7, 11) is 0. The topological polar surface area (TPSA) is 60.7 Å². The quantitative estimate of drug-likeness (QED) is 0.561. The fraction of sp³-hybridized carbons (Fsp3) is 0.789. The summed E-state index contributed by atoms with van der Waals surface area (Å²) in [5.41, 5.74) is 4.83. The molecule has 0 heterocycles. The van der Waals surface area contributed by atoms with Crippen molar-refractivity contribution >= 4 is 0 Å². The molecule has 0 atom stereocenters. The molecule has 0 bridgehead atoms. The van der Waals surface area contributed by atoms with Gasteiger partial charge in [0.15, 0.2) is 0 Å². The third-order valence-electron chi connectivity index (χ3n) is 3.06. The van der Waals surface area contributed by atoms with Gasteiger partial charge in [-0.15, -0.1) is 0 Å². The summed E-state index contributed by atoms with van der Waals surface area (Å²) in [6, 6.07) is 0. The molecule has 0 saturated carbocycles. The zero-order valence-corrected chi connectivity index (χ0v) is 18.6. The van der Waals surface area contributed by atoms with Gasteiger partial charge in [-0.1, -0.05) is 0 Å². The standard InChI is InChI=1S/C10H15.3C3H8O.Ti/c1-7-6-10(4,5)9(3)8(7)2;3*1-3(2)4;/h1-5H3;3*3-4H,1-2H3;. The van der Waals surface area contributed by atoms with Crippen molar-refractivity contribution in [3.63, 3.8) is 0 Å². The van der Waals surface area contributed by atoms with Crippen LogP contribution in [0, 0.1) is 5.41 Å². The first-order chi connectivity index (χ1) is 10.1. The zero-order valence-electron chi connectivity index (χ0n) is 17.1. The van der Waals surface area contributed by atoms with Gasteiger partial charge in [-0.2, -0.15) is 0 Å². The summed E-state index contributed by atoms with van der Waals surface area (Å²) in [6.45, 7) is 21.6. The molecule has 3 nitrogen and oxygen atoms in total. The van der Waals surface area contributed by atoms with Gasteiger partial charge in [0.2, 0.25) is 0 Å². The Morgan fingerprint density at radius 2 is 0.913 bits per heavy atom. The molecule has 0 fully saturated rings. The molecule has 0 aliphatic heterocycles. The van der Waals surface area contributed by atoms with Crippen molar-refractivity contribution < 1.29 is 35.8 Å². The Morgan fingerprint density at radius 1 is 0.696 bits per heavy atom. The SMILES string of the molecule is CC(C)O.CC(C)O.CC(C)O.CC1=C(C)C(C)(C)[C]([Ti])=C1C. The second kappa shape index (κ2) is 13.4. The van der Waals surface area contributed by atoms with Gasteiger partial charge in [0.05, 0.1) is 0 Å². The van der Waals surface area contributed by atoms with Gasteiger partial charge in [0.1, 0.15) is 0 Å². The first-order valence-electron chi connectivity index (χ1n) is 8.24. The van der Waals surface area contributed by atoms with Crippen LogP contribution < -0.4 is 0 Å². The van der Waals surface area contributed by atoms with Crippen molar-refractivity contribution in [1.82, 2.24) is 0 Å². The Kier molecular flexibility index (Phi) is 16.2. The predicted octanol–water partition coefficient (Wildman–Crippen LogP) is 4.34. The second-order valence-electron chi connectivity index (χ2n) is 7.16. The van der Waals surface area contributed by atoms with E-state index in [-0.39, 0.29) is 18.3 Å². The fourth-order valence-electron chi connectivity index (χ4n) is 1.59. The Bertz CT molecular complexity index is 330. The monoisotopic (exact) mass is 363 g/mol. The minimum absolute atomic E-state index is 0.167. The first-order valence-corrected chi connectivity index (χ1v) is 9.02. The van der Waals surface area contributed by atoms with Crippen LogP contribution in [-0.2, 0) is 20.4 Å². The van der Waals surface area contributed by atoms with Crippen LogP contribution >= 0.6 is 0 Å². The molecule has 23 heavy (non-hydrogen) atoms. The van der Waals surface area contributed by atoms with Crippen molar-refractivity contribution in [2.24, 2.45) is 5.41 Å². The molecule has 0 spiro atoms. The van der Waals surface area contributed by atoms with Crippen molar-refractivity contribution in [2.75, 3.05) is 0 Å². The van der Waals surface area contributed by atoms with E-state index in [9.17, 15) is 0 Å². The molecule has 0 aromatic heterocycles. The van der Waals surface area contributed by atoms with Crippen LogP contribution in [0.2, 0.25) is 0 Å². The van der Waals surface area contributed by atoms with Gasteiger partial charge in [-0.3, -0.25) is 0 Å². The molecular weight excluding hydrogens is 324 g/mol. The number of aliphatic hydroxyl groups is 3. The van der Waals surface area contributed by atoms with Crippen LogP contribution in [0.25, 0.3) is 0 Å². The zero-order chi connectivity index (χ0) is 19.5. The number of hydrogen-bond acceptors (Lipinski definition) is 3. The molecule has 4 heteroatoms. The van der Waals surface area contributed by atoms with Gasteiger partial charge in [0.25, 0.3) is 0 Å². The maximum absolute atomic E-state index is 8.06. The Morgan fingerprint density at radius 3 is 0.957 bits per heavy atom. The maximum atomic E-state index is 8.06. The average Bonchev–Trinajstić information content (AvgIpc) is 2.43. The molecule has 0 radical (unpaired) electrons. The average molecular weight is 363 g/mol. The Labute approximate surface area is 156 Å². The van der Waals surface area contributed by atoms with Crippen LogP contribution in [0.3, 0.4) is 0 Å². The van der Waals surface area contributed by atoms with E-state index in [1.54, 1.807) is 41.5 Å². The molecule has 0 aromatic rings. The predicted molar refractivity (Wildman–Crippen MR) is 96.9 cm³/mol. The van der Waals surface area contributed by atoms with Crippen molar-refractivity contribution in [1.29, 1.82) is 0 Å². The minimum atomic E-state index is -0.167. The molecule has 1 rings (SSSR count). The molecule has 0 amide bonds. The van der Waals surface area contributed by atoms with Gasteiger partial charge in [0, 0.05) is 18.3 Å². The van der Waals surface area contributed by atoms with E-state index < -0.39 is 0 Å². The van der Waals surface area contributed by atoms with E-state index in [1.165, 1.54) is 20.6 Å². The van der Waals surface area contributed by atoms with E-state index in [2.05, 4.69) is 55.1 Å². The fourth-order valence-corrected chi connectivity index (χ4v) is 2.18. The third kappa shape index (κ3) is 15.3. The summed E-state index contributed by atoms with van der Waals surface area (Å²) in [5, 5.41) is 24.2. The third-order valence-corrected chi connectivity index (χ3v) is 4.62. The number of rotatable bonds is 0. The molecule has 0 saturated heterocycles. The van der Waals surface area contributed by atoms with E-state index in [1.807, 2.05) is 0 Å². The number of allylic oxidation sites excluding steroid dienone is 4. The van der Waals surface area contributed by atoms with Crippen LogP contribution in [0.15, 0.2) is 20.6 Å². The van der Waals surface area contributed by atoms with Crippen molar-refractivity contribution in [3.05, 3.63) is 20.6 Å². The molecule has 1 aliphatic rings. The molecule has 137 valence electrons. The molecule has 3 N–H and O–H groups in total. The van der Waals surface area contributed by atoms with E-state index in [0.29, 0.717) is 5.41 Å². The summed E-state index contributed by atoms with van der Waals surface area (Å²) in [6.07, 6.45) is -0.500. The van der Waals surface area contributed by atoms with Crippen molar-refractivity contribution in [3.8, 4) is 0 Å². The summed E-state index contributed by atoms with van der Waals surface area (Å²) < 4.78 is 1.53. The molecule has 1 aliphatic carbocycles. The number of aliphatic hydroxyl groups excluding tert-OH is 3. The van der Waals surface area contributed by atoms with E-state index >= 15 is 0 Å². The van der Waals surface area contributed by atoms with Crippen LogP contribution in [0.5, 0.6) is 0 Å². The first kappa shape index (κ1) is 27.9. The van der Waals surface area contributed by atoms with Crippen molar-refractivity contribution in [2.45, 2.75) is 94.5 Å².